The summed E-state index contributed by atoms with van der Waals surface area (Å²) in [6.45, 7) is 2.70. The first kappa shape index (κ1) is 24.0. The highest BCUT2D eigenvalue weighted by molar-refractivity contribution is 7.89. The molecule has 3 aromatic rings. The van der Waals surface area contributed by atoms with E-state index in [4.69, 9.17) is 9.47 Å². The van der Waals surface area contributed by atoms with Gasteiger partial charge in [0.1, 0.15) is 22.2 Å². The third kappa shape index (κ3) is 4.23. The van der Waals surface area contributed by atoms with Crippen molar-refractivity contribution in [2.24, 2.45) is 0 Å². The summed E-state index contributed by atoms with van der Waals surface area (Å²) < 4.78 is 41.0. The molecule has 9 nitrogen and oxygen atoms in total. The molecule has 0 spiro atoms. The van der Waals surface area contributed by atoms with E-state index in [0.29, 0.717) is 43.0 Å². The normalized spacial score (nSPS) is 15.4. The van der Waals surface area contributed by atoms with Crippen LogP contribution in [0.15, 0.2) is 41.3 Å². The van der Waals surface area contributed by atoms with Crippen molar-refractivity contribution in [2.75, 3.05) is 41.4 Å². The number of fused-ring (bicyclic) bond motifs is 1. The van der Waals surface area contributed by atoms with Gasteiger partial charge in [-0.15, -0.1) is 0 Å². The molecule has 1 fully saturated rings. The van der Waals surface area contributed by atoms with Crippen LogP contribution in [0.3, 0.4) is 0 Å². The number of ether oxygens (including phenoxy) is 2. The van der Waals surface area contributed by atoms with Crippen molar-refractivity contribution in [1.29, 1.82) is 0 Å². The Morgan fingerprint density at radius 3 is 2.38 bits per heavy atom. The highest BCUT2D eigenvalue weighted by Gasteiger charge is 2.33. The van der Waals surface area contributed by atoms with Gasteiger partial charge in [0.2, 0.25) is 10.0 Å². The zero-order valence-electron chi connectivity index (χ0n) is 20.1. The van der Waals surface area contributed by atoms with E-state index < -0.39 is 10.0 Å². The van der Waals surface area contributed by atoms with Crippen LogP contribution in [0.25, 0.3) is 11.0 Å². The molecule has 1 saturated heterocycles. The van der Waals surface area contributed by atoms with Crippen LogP contribution in [0.1, 0.15) is 35.1 Å². The van der Waals surface area contributed by atoms with Crippen molar-refractivity contribution in [3.05, 3.63) is 47.8 Å². The van der Waals surface area contributed by atoms with Gasteiger partial charge in [0.25, 0.3) is 5.91 Å². The zero-order valence-corrected chi connectivity index (χ0v) is 20.9. The Morgan fingerprint density at radius 2 is 1.76 bits per heavy atom. The number of imidazole rings is 1. The largest absolute Gasteiger partial charge is 0.497 e. The number of nitrogens with zero attached hydrogens (tertiary/aromatic N) is 4. The lowest BCUT2D eigenvalue weighted by Gasteiger charge is -2.33. The van der Waals surface area contributed by atoms with Crippen molar-refractivity contribution in [3.63, 3.8) is 0 Å². The molecule has 0 N–H and O–H groups in total. The lowest BCUT2D eigenvalue weighted by atomic mass is 10.1. The van der Waals surface area contributed by atoms with Gasteiger partial charge < -0.3 is 18.9 Å². The third-order valence-corrected chi connectivity index (χ3v) is 8.22. The van der Waals surface area contributed by atoms with E-state index >= 15 is 0 Å². The Balaban J connectivity index is 1.57. The van der Waals surface area contributed by atoms with Crippen molar-refractivity contribution < 1.29 is 22.7 Å². The molecule has 0 bridgehead atoms. The Hall–Kier alpha value is -3.11. The number of sulfonamides is 1. The van der Waals surface area contributed by atoms with E-state index in [2.05, 4.69) is 9.55 Å². The summed E-state index contributed by atoms with van der Waals surface area (Å²) in [5.74, 6) is 1.53. The fraction of sp³-hybridized carbons (Fsp3) is 0.417. The van der Waals surface area contributed by atoms with Crippen LogP contribution in [0.4, 0.5) is 0 Å². The molecule has 182 valence electrons. The minimum Gasteiger partial charge on any atom is -0.497 e. The van der Waals surface area contributed by atoms with E-state index in [0.717, 1.165) is 16.9 Å². The van der Waals surface area contributed by atoms with E-state index in [-0.39, 0.29) is 16.8 Å². The SMILES string of the molecule is COc1ccc(OC)c(S(=O)(=O)N2CCC(n3c(C)nc4cc(C(=O)N(C)C)ccc43)CC2)c1. The van der Waals surface area contributed by atoms with Gasteiger partial charge in [-0.1, -0.05) is 0 Å². The van der Waals surface area contributed by atoms with Gasteiger partial charge in [0, 0.05) is 44.9 Å². The summed E-state index contributed by atoms with van der Waals surface area (Å²) in [4.78, 5) is 18.7. The molecule has 4 rings (SSSR count). The van der Waals surface area contributed by atoms with Gasteiger partial charge in [0.15, 0.2) is 0 Å². The molecule has 0 unspecified atom stereocenters. The average Bonchev–Trinajstić information content (AvgIpc) is 3.17. The molecule has 0 radical (unpaired) electrons. The Kier molecular flexibility index (Phi) is 6.55. The van der Waals surface area contributed by atoms with Crippen LogP contribution in [-0.2, 0) is 10.0 Å². The lowest BCUT2D eigenvalue weighted by molar-refractivity contribution is 0.0827. The van der Waals surface area contributed by atoms with Crippen LogP contribution in [0.2, 0.25) is 0 Å². The quantitative estimate of drug-likeness (QED) is 0.532. The second kappa shape index (κ2) is 9.27. The highest BCUT2D eigenvalue weighted by atomic mass is 32.2. The van der Waals surface area contributed by atoms with E-state index in [9.17, 15) is 13.2 Å². The first-order chi connectivity index (χ1) is 16.2. The molecule has 0 atom stereocenters. The second-order valence-corrected chi connectivity index (χ2v) is 10.5. The summed E-state index contributed by atoms with van der Waals surface area (Å²) in [7, 11) is 2.66. The number of aromatic nitrogens is 2. The number of amides is 1. The summed E-state index contributed by atoms with van der Waals surface area (Å²) in [6.07, 6.45) is 1.30. The summed E-state index contributed by atoms with van der Waals surface area (Å²) in [6, 6.07) is 10.5. The molecule has 1 aliphatic heterocycles. The standard InChI is InChI=1S/C24H30N4O5S/c1-16-25-20-14-17(24(29)26(2)3)6-8-21(20)28(16)18-10-12-27(13-11-18)34(30,31)23-15-19(32-4)7-9-22(23)33-5/h6-9,14-15,18H,10-13H2,1-5H3. The smallest absolute Gasteiger partial charge is 0.253 e. The van der Waals surface area contributed by atoms with Crippen molar-refractivity contribution in [1.82, 2.24) is 18.8 Å². The fourth-order valence-corrected chi connectivity index (χ4v) is 6.18. The molecule has 0 saturated carbocycles. The van der Waals surface area contributed by atoms with Gasteiger partial charge in [-0.05, 0) is 50.1 Å². The zero-order chi connectivity index (χ0) is 24.6. The molecule has 2 heterocycles. The first-order valence-electron chi connectivity index (χ1n) is 11.1. The van der Waals surface area contributed by atoms with Crippen LogP contribution < -0.4 is 9.47 Å². The molecule has 1 aromatic heterocycles. The van der Waals surface area contributed by atoms with Gasteiger partial charge in [0.05, 0.1) is 25.3 Å². The molecule has 10 heteroatoms. The Labute approximate surface area is 199 Å². The topological polar surface area (TPSA) is 94.0 Å². The van der Waals surface area contributed by atoms with Crippen LogP contribution >= 0.6 is 0 Å². The first-order valence-corrected chi connectivity index (χ1v) is 12.5. The monoisotopic (exact) mass is 486 g/mol. The van der Waals surface area contributed by atoms with E-state index in [1.807, 2.05) is 25.1 Å². The molecular formula is C24H30N4O5S. The number of aryl methyl sites for hydroxylation is 1. The predicted octanol–water partition coefficient (Wildman–Crippen LogP) is 3.09. The fourth-order valence-electron chi connectivity index (χ4n) is 4.54. The molecular weight excluding hydrogens is 456 g/mol. The van der Waals surface area contributed by atoms with Crippen LogP contribution in [0, 0.1) is 6.92 Å². The van der Waals surface area contributed by atoms with Crippen molar-refractivity contribution in [2.45, 2.75) is 30.7 Å². The molecule has 0 aliphatic carbocycles. The third-order valence-electron chi connectivity index (χ3n) is 6.30. The maximum Gasteiger partial charge on any atom is 0.253 e. The molecule has 34 heavy (non-hydrogen) atoms. The second-order valence-electron chi connectivity index (χ2n) is 8.58. The maximum atomic E-state index is 13.4. The van der Waals surface area contributed by atoms with Crippen molar-refractivity contribution >= 4 is 27.0 Å². The maximum absolute atomic E-state index is 13.4. The number of rotatable bonds is 6. The number of benzene rings is 2. The average molecular weight is 487 g/mol. The summed E-state index contributed by atoms with van der Waals surface area (Å²) in [5, 5.41) is 0. The van der Waals surface area contributed by atoms with E-state index in [1.54, 1.807) is 31.1 Å². The minimum atomic E-state index is -3.74. The molecule has 2 aromatic carbocycles. The number of carbonyl (C=O) groups excluding carboxylic acids is 1. The van der Waals surface area contributed by atoms with Gasteiger partial charge in [-0.2, -0.15) is 4.31 Å². The van der Waals surface area contributed by atoms with Crippen LogP contribution in [0.5, 0.6) is 11.5 Å². The van der Waals surface area contributed by atoms with Gasteiger partial charge in [-0.25, -0.2) is 13.4 Å². The number of methoxy groups -OCH3 is 2. The van der Waals surface area contributed by atoms with Gasteiger partial charge in [-0.3, -0.25) is 4.79 Å². The molecule has 1 amide bonds. The number of hydrogen-bond acceptors (Lipinski definition) is 6. The minimum absolute atomic E-state index is 0.0689. The highest BCUT2D eigenvalue weighted by Crippen LogP contribution is 2.35. The van der Waals surface area contributed by atoms with Gasteiger partial charge >= 0.3 is 0 Å². The predicted molar refractivity (Wildman–Crippen MR) is 129 cm³/mol. The van der Waals surface area contributed by atoms with Crippen molar-refractivity contribution in [3.8, 4) is 11.5 Å². The van der Waals surface area contributed by atoms with E-state index in [1.165, 1.54) is 24.6 Å². The van der Waals surface area contributed by atoms with Crippen LogP contribution in [-0.4, -0.2) is 74.5 Å². The number of piperidine rings is 1. The summed E-state index contributed by atoms with van der Waals surface area (Å²) in [5.41, 5.74) is 2.31. The summed E-state index contributed by atoms with van der Waals surface area (Å²) >= 11 is 0. The number of hydrogen-bond donors (Lipinski definition) is 0. The molecule has 1 aliphatic rings. The number of carbonyl (C=O) groups is 1. The lowest BCUT2D eigenvalue weighted by Crippen LogP contribution is -2.39. The Morgan fingerprint density at radius 1 is 1.06 bits per heavy atom. The Bertz CT molecular complexity index is 1320.